The molecule has 0 unspecified atom stereocenters. The van der Waals surface area contributed by atoms with Crippen molar-refractivity contribution in [1.29, 1.82) is 0 Å². The minimum atomic E-state index is 0.593. The molecule has 0 heterocycles. The second-order valence-electron chi connectivity index (χ2n) is 1.11. The Morgan fingerprint density at radius 3 is 2.88 bits per heavy atom. The monoisotopic (exact) mass is 133 g/mol. The fourth-order valence-corrected chi connectivity index (χ4v) is 0.742. The smallest absolute Gasteiger partial charge is 0.177 e. The molecular weight excluding hydrogens is 122 g/mol. The molecule has 0 bridgehead atoms. The van der Waals surface area contributed by atoms with Crippen molar-refractivity contribution in [2.24, 2.45) is 10.8 Å². The summed E-state index contributed by atoms with van der Waals surface area (Å²) in [6.07, 6.45) is 0. The Kier molecular flexibility index (Phi) is 4.54. The van der Waals surface area contributed by atoms with Crippen molar-refractivity contribution < 1.29 is 0 Å². The van der Waals surface area contributed by atoms with Gasteiger partial charge in [0.05, 0.1) is 0 Å². The predicted octanol–water partition coefficient (Wildman–Crippen LogP) is 0.189. The van der Waals surface area contributed by atoms with Crippen molar-refractivity contribution in [2.45, 2.75) is 6.92 Å². The molecule has 0 saturated heterocycles. The first kappa shape index (κ1) is 7.62. The van der Waals surface area contributed by atoms with E-state index in [0.29, 0.717) is 5.17 Å². The van der Waals surface area contributed by atoms with Crippen LogP contribution in [-0.2, 0) is 0 Å². The molecule has 3 nitrogen and oxygen atoms in total. The van der Waals surface area contributed by atoms with Crippen molar-refractivity contribution in [3.05, 3.63) is 0 Å². The summed E-state index contributed by atoms with van der Waals surface area (Å²) >= 11 is 1.52. The number of nitrogens with zero attached hydrogens (tertiary/aromatic N) is 1. The quantitative estimate of drug-likeness (QED) is 0.321. The SMILES string of the molecule is CCS/C(N)=N\NC. The lowest BCUT2D eigenvalue weighted by Crippen LogP contribution is -2.11. The fraction of sp³-hybridized carbons (Fsp3) is 0.750. The van der Waals surface area contributed by atoms with Crippen molar-refractivity contribution in [2.75, 3.05) is 12.8 Å². The van der Waals surface area contributed by atoms with E-state index in [1.165, 1.54) is 11.8 Å². The molecule has 0 fully saturated rings. The van der Waals surface area contributed by atoms with Crippen molar-refractivity contribution in [1.82, 2.24) is 5.43 Å². The maximum atomic E-state index is 5.35. The molecule has 0 aliphatic carbocycles. The van der Waals surface area contributed by atoms with E-state index in [0.717, 1.165) is 5.75 Å². The first-order valence-corrected chi connectivity index (χ1v) is 3.42. The number of thioether (sulfide) groups is 1. The summed E-state index contributed by atoms with van der Waals surface area (Å²) in [6.45, 7) is 2.03. The number of hydrazone groups is 1. The Morgan fingerprint density at radius 2 is 2.50 bits per heavy atom. The van der Waals surface area contributed by atoms with E-state index in [1.807, 2.05) is 6.92 Å². The van der Waals surface area contributed by atoms with Gasteiger partial charge in [-0.05, 0) is 5.75 Å². The maximum absolute atomic E-state index is 5.35. The zero-order valence-electron chi connectivity index (χ0n) is 5.14. The van der Waals surface area contributed by atoms with Crippen LogP contribution in [0.15, 0.2) is 5.10 Å². The van der Waals surface area contributed by atoms with Gasteiger partial charge in [0.15, 0.2) is 5.17 Å². The van der Waals surface area contributed by atoms with Gasteiger partial charge in [0.25, 0.3) is 0 Å². The second-order valence-corrected chi connectivity index (χ2v) is 2.39. The number of hydrogen-bond acceptors (Lipinski definition) is 3. The highest BCUT2D eigenvalue weighted by molar-refractivity contribution is 8.13. The van der Waals surface area contributed by atoms with Gasteiger partial charge in [0.1, 0.15) is 0 Å². The summed E-state index contributed by atoms with van der Waals surface area (Å²) in [6, 6.07) is 0. The van der Waals surface area contributed by atoms with Crippen LogP contribution in [-0.4, -0.2) is 18.0 Å². The van der Waals surface area contributed by atoms with E-state index in [2.05, 4.69) is 10.5 Å². The van der Waals surface area contributed by atoms with Gasteiger partial charge in [0.2, 0.25) is 0 Å². The minimum absolute atomic E-state index is 0.593. The average molecular weight is 133 g/mol. The Balaban J connectivity index is 3.29. The Bertz CT molecular complexity index is 81.4. The van der Waals surface area contributed by atoms with Gasteiger partial charge in [-0.1, -0.05) is 18.7 Å². The molecule has 0 saturated carbocycles. The molecular formula is C4H11N3S. The standard InChI is InChI=1S/C4H11N3S/c1-3-8-4(5)7-6-2/h6H,3H2,1-2H3,(H2,5,7). The third kappa shape index (κ3) is 3.80. The largest absolute Gasteiger partial charge is 0.377 e. The molecule has 0 atom stereocenters. The summed E-state index contributed by atoms with van der Waals surface area (Å²) < 4.78 is 0. The van der Waals surface area contributed by atoms with Crippen LogP contribution in [0.2, 0.25) is 0 Å². The number of nitrogens with two attached hydrogens (primary N) is 1. The third-order valence-electron chi connectivity index (χ3n) is 0.514. The number of hydrogen-bond donors (Lipinski definition) is 2. The van der Waals surface area contributed by atoms with Crippen LogP contribution in [0, 0.1) is 0 Å². The molecule has 0 aromatic carbocycles. The van der Waals surface area contributed by atoms with Gasteiger partial charge in [-0.15, -0.1) is 0 Å². The highest BCUT2D eigenvalue weighted by Gasteiger charge is 1.85. The first-order valence-electron chi connectivity index (χ1n) is 2.44. The van der Waals surface area contributed by atoms with Gasteiger partial charge in [-0.25, -0.2) is 0 Å². The van der Waals surface area contributed by atoms with Crippen molar-refractivity contribution >= 4 is 16.9 Å². The summed E-state index contributed by atoms with van der Waals surface area (Å²) in [5.41, 5.74) is 7.94. The highest BCUT2D eigenvalue weighted by atomic mass is 32.2. The van der Waals surface area contributed by atoms with E-state index in [-0.39, 0.29) is 0 Å². The number of nitrogens with one attached hydrogen (secondary N) is 1. The third-order valence-corrected chi connectivity index (χ3v) is 1.19. The van der Waals surface area contributed by atoms with E-state index >= 15 is 0 Å². The maximum Gasteiger partial charge on any atom is 0.177 e. The second kappa shape index (κ2) is 4.77. The van der Waals surface area contributed by atoms with Crippen LogP contribution in [0.3, 0.4) is 0 Å². The van der Waals surface area contributed by atoms with Crippen LogP contribution in [0.4, 0.5) is 0 Å². The topological polar surface area (TPSA) is 50.4 Å². The Hall–Kier alpha value is -0.380. The normalized spacial score (nSPS) is 11.5. The Morgan fingerprint density at radius 1 is 1.88 bits per heavy atom. The van der Waals surface area contributed by atoms with E-state index < -0.39 is 0 Å². The van der Waals surface area contributed by atoms with Crippen LogP contribution >= 0.6 is 11.8 Å². The van der Waals surface area contributed by atoms with Crippen LogP contribution in [0.1, 0.15) is 6.92 Å². The molecule has 4 heteroatoms. The van der Waals surface area contributed by atoms with E-state index in [9.17, 15) is 0 Å². The van der Waals surface area contributed by atoms with E-state index in [4.69, 9.17) is 5.73 Å². The van der Waals surface area contributed by atoms with Crippen LogP contribution < -0.4 is 11.2 Å². The molecule has 0 radical (unpaired) electrons. The molecule has 0 aliphatic rings. The molecule has 3 N–H and O–H groups in total. The van der Waals surface area contributed by atoms with Crippen molar-refractivity contribution in [3.63, 3.8) is 0 Å². The molecule has 0 aromatic heterocycles. The molecule has 0 rings (SSSR count). The Labute approximate surface area is 53.7 Å². The molecule has 0 aliphatic heterocycles. The van der Waals surface area contributed by atoms with Gasteiger partial charge in [-0.2, -0.15) is 5.10 Å². The highest BCUT2D eigenvalue weighted by Crippen LogP contribution is 1.95. The lowest BCUT2D eigenvalue weighted by molar-refractivity contribution is 0.903. The molecule has 0 amide bonds. The van der Waals surface area contributed by atoms with Gasteiger partial charge in [-0.3, -0.25) is 0 Å². The molecule has 48 valence electrons. The number of rotatable bonds is 2. The molecule has 0 spiro atoms. The fourth-order valence-electron chi connectivity index (χ4n) is 0.290. The average Bonchev–Trinajstić information content (AvgIpc) is 1.68. The van der Waals surface area contributed by atoms with Crippen molar-refractivity contribution in [3.8, 4) is 0 Å². The molecule has 8 heavy (non-hydrogen) atoms. The van der Waals surface area contributed by atoms with Gasteiger partial charge >= 0.3 is 0 Å². The number of amidine groups is 1. The lowest BCUT2D eigenvalue weighted by atomic mass is 11.0. The summed E-state index contributed by atoms with van der Waals surface area (Å²) in [4.78, 5) is 0. The van der Waals surface area contributed by atoms with Gasteiger partial charge < -0.3 is 11.2 Å². The summed E-state index contributed by atoms with van der Waals surface area (Å²) in [5, 5.41) is 4.31. The van der Waals surface area contributed by atoms with Gasteiger partial charge in [0, 0.05) is 7.05 Å². The van der Waals surface area contributed by atoms with Crippen LogP contribution in [0.5, 0.6) is 0 Å². The lowest BCUT2D eigenvalue weighted by Gasteiger charge is -1.93. The van der Waals surface area contributed by atoms with E-state index in [1.54, 1.807) is 7.05 Å². The zero-order chi connectivity index (χ0) is 6.41. The van der Waals surface area contributed by atoms with Crippen LogP contribution in [0.25, 0.3) is 0 Å². The first-order chi connectivity index (χ1) is 3.81. The summed E-state index contributed by atoms with van der Waals surface area (Å²) in [5.74, 6) is 0.969. The predicted molar refractivity (Wildman–Crippen MR) is 38.8 cm³/mol. The minimum Gasteiger partial charge on any atom is -0.377 e. The zero-order valence-corrected chi connectivity index (χ0v) is 5.96. The summed E-state index contributed by atoms with van der Waals surface area (Å²) in [7, 11) is 1.73. The molecule has 0 aromatic rings.